The Bertz CT molecular complexity index is 253. The van der Waals surface area contributed by atoms with Crippen LogP contribution >= 0.6 is 0 Å². The molecule has 0 bridgehead atoms. The van der Waals surface area contributed by atoms with E-state index in [-0.39, 0.29) is 5.78 Å². The summed E-state index contributed by atoms with van der Waals surface area (Å²) in [5.74, 6) is -0.227. The van der Waals surface area contributed by atoms with Gasteiger partial charge in [0.25, 0.3) is 0 Å². The minimum absolute atomic E-state index is 0.227. The van der Waals surface area contributed by atoms with Gasteiger partial charge in [0.2, 0.25) is 0 Å². The molecule has 1 aromatic carbocycles. The Kier molecular flexibility index (Phi) is 2.23. The summed E-state index contributed by atoms with van der Waals surface area (Å²) in [6.45, 7) is 3.24. The number of hydrogen-bond acceptors (Lipinski definition) is 3. The summed E-state index contributed by atoms with van der Waals surface area (Å²) in [6.07, 6.45) is 0. The Hall–Kier alpha value is -1.35. The monoisotopic (exact) mass is 150 g/mol. The van der Waals surface area contributed by atoms with Crippen molar-refractivity contribution in [3.05, 3.63) is 36.8 Å². The highest BCUT2D eigenvalue weighted by Gasteiger charge is 1.96. The van der Waals surface area contributed by atoms with Crippen LogP contribution in [0.15, 0.2) is 24.3 Å². The van der Waals surface area contributed by atoms with Crippen molar-refractivity contribution in [2.45, 2.75) is 0 Å². The quantitative estimate of drug-likeness (QED) is 0.496. The van der Waals surface area contributed by atoms with E-state index in [1.807, 2.05) is 5.48 Å². The smallest absolute Gasteiger partial charge is 0.163 e. The molecule has 57 valence electrons. The number of benzene rings is 1. The summed E-state index contributed by atoms with van der Waals surface area (Å²) < 4.78 is 0. The lowest BCUT2D eigenvalue weighted by molar-refractivity contribution is 0.104. The van der Waals surface area contributed by atoms with Crippen molar-refractivity contribution >= 4 is 11.5 Å². The van der Waals surface area contributed by atoms with Gasteiger partial charge in [0, 0.05) is 12.5 Å². The third kappa shape index (κ3) is 1.78. The van der Waals surface area contributed by atoms with Crippen LogP contribution in [0.4, 0.5) is 5.69 Å². The van der Waals surface area contributed by atoms with Crippen LogP contribution in [0.25, 0.3) is 0 Å². The fraction of sp³-hybridized carbons (Fsp3) is 0. The second-order valence-electron chi connectivity index (χ2n) is 2.11. The Balaban J connectivity index is 2.91. The average Bonchev–Trinajstić information content (AvgIpc) is 2.05. The van der Waals surface area contributed by atoms with Gasteiger partial charge in [-0.15, -0.1) is 0 Å². The highest BCUT2D eigenvalue weighted by molar-refractivity contribution is 5.99. The van der Waals surface area contributed by atoms with Gasteiger partial charge in [-0.25, -0.2) is 0 Å². The van der Waals surface area contributed by atoms with Crippen molar-refractivity contribution in [2.24, 2.45) is 0 Å². The Morgan fingerprint density at radius 3 is 2.27 bits per heavy atom. The van der Waals surface area contributed by atoms with E-state index in [4.69, 9.17) is 5.21 Å². The van der Waals surface area contributed by atoms with E-state index in [1.54, 1.807) is 24.3 Å². The lowest BCUT2D eigenvalue weighted by atomic mass is 10.1. The summed E-state index contributed by atoms with van der Waals surface area (Å²) in [7, 11) is 0. The third-order valence-corrected chi connectivity index (χ3v) is 1.34. The van der Waals surface area contributed by atoms with Crippen molar-refractivity contribution < 1.29 is 10.0 Å². The molecule has 11 heavy (non-hydrogen) atoms. The van der Waals surface area contributed by atoms with Crippen LogP contribution in [-0.4, -0.2) is 11.0 Å². The standard InChI is InChI=1S/C8H8NO2/c1-6(10)7-2-4-8(9-11)5-3-7/h2-5,9,11H,1H2. The molecule has 0 aliphatic carbocycles. The van der Waals surface area contributed by atoms with Gasteiger partial charge in [0.1, 0.15) is 0 Å². The van der Waals surface area contributed by atoms with Gasteiger partial charge in [0.15, 0.2) is 5.78 Å². The molecule has 0 fully saturated rings. The number of ketones is 1. The van der Waals surface area contributed by atoms with Crippen LogP contribution < -0.4 is 5.48 Å². The maximum absolute atomic E-state index is 10.7. The lowest BCUT2D eigenvalue weighted by Crippen LogP contribution is -1.93. The van der Waals surface area contributed by atoms with Crippen LogP contribution in [0.2, 0.25) is 0 Å². The van der Waals surface area contributed by atoms with Gasteiger partial charge in [-0.05, 0) is 24.3 Å². The highest BCUT2D eigenvalue weighted by Crippen LogP contribution is 2.08. The SMILES string of the molecule is [CH2]C(=O)c1ccc(NO)cc1. The molecule has 3 heteroatoms. The predicted octanol–water partition coefficient (Wildman–Crippen LogP) is 1.50. The van der Waals surface area contributed by atoms with Crippen LogP contribution in [0.3, 0.4) is 0 Å². The number of nitrogens with one attached hydrogen (secondary N) is 1. The van der Waals surface area contributed by atoms with Crippen LogP contribution in [0, 0.1) is 6.92 Å². The van der Waals surface area contributed by atoms with Crippen molar-refractivity contribution in [3.8, 4) is 0 Å². The number of anilines is 1. The van der Waals surface area contributed by atoms with Crippen molar-refractivity contribution in [1.29, 1.82) is 0 Å². The zero-order valence-electron chi connectivity index (χ0n) is 5.87. The number of Topliss-reactive ketones (excluding diaryl/α,β-unsaturated/α-hetero) is 1. The molecule has 0 atom stereocenters. The molecule has 3 nitrogen and oxygen atoms in total. The van der Waals surface area contributed by atoms with E-state index >= 15 is 0 Å². The van der Waals surface area contributed by atoms with Gasteiger partial charge in [-0.1, -0.05) is 0 Å². The Morgan fingerprint density at radius 2 is 1.91 bits per heavy atom. The topological polar surface area (TPSA) is 49.3 Å². The van der Waals surface area contributed by atoms with Crippen LogP contribution in [0.5, 0.6) is 0 Å². The minimum atomic E-state index is -0.227. The Morgan fingerprint density at radius 1 is 1.36 bits per heavy atom. The van der Waals surface area contributed by atoms with Gasteiger partial charge in [-0.2, -0.15) is 0 Å². The first-order valence-corrected chi connectivity index (χ1v) is 3.10. The molecule has 0 unspecified atom stereocenters. The number of hydrogen-bond donors (Lipinski definition) is 2. The van der Waals surface area contributed by atoms with E-state index in [1.165, 1.54) is 0 Å². The first kappa shape index (κ1) is 7.75. The van der Waals surface area contributed by atoms with E-state index < -0.39 is 0 Å². The number of carbonyl (C=O) groups excluding carboxylic acids is 1. The van der Waals surface area contributed by atoms with Gasteiger partial charge in [-0.3, -0.25) is 15.5 Å². The first-order valence-electron chi connectivity index (χ1n) is 3.10. The van der Waals surface area contributed by atoms with Gasteiger partial charge >= 0.3 is 0 Å². The molecule has 0 saturated carbocycles. The molecule has 0 heterocycles. The van der Waals surface area contributed by atoms with Crippen molar-refractivity contribution in [3.63, 3.8) is 0 Å². The second kappa shape index (κ2) is 3.16. The van der Waals surface area contributed by atoms with E-state index in [9.17, 15) is 4.79 Å². The molecule has 2 N–H and O–H groups in total. The largest absolute Gasteiger partial charge is 0.294 e. The first-order chi connectivity index (χ1) is 5.24. The molecule has 0 aromatic heterocycles. The second-order valence-corrected chi connectivity index (χ2v) is 2.11. The summed E-state index contributed by atoms with van der Waals surface area (Å²) in [5, 5.41) is 8.42. The van der Waals surface area contributed by atoms with Crippen LogP contribution in [0.1, 0.15) is 10.4 Å². The fourth-order valence-corrected chi connectivity index (χ4v) is 0.731. The zero-order chi connectivity index (χ0) is 8.27. The molecule has 0 aliphatic heterocycles. The minimum Gasteiger partial charge on any atom is -0.294 e. The number of carbonyl (C=O) groups is 1. The molecule has 0 spiro atoms. The zero-order valence-corrected chi connectivity index (χ0v) is 5.87. The van der Waals surface area contributed by atoms with Crippen molar-refractivity contribution in [1.82, 2.24) is 0 Å². The van der Waals surface area contributed by atoms with E-state index in [2.05, 4.69) is 6.92 Å². The predicted molar refractivity (Wildman–Crippen MR) is 41.5 cm³/mol. The summed E-state index contributed by atoms with van der Waals surface area (Å²) in [5.41, 5.74) is 3.04. The molecule has 0 aliphatic rings. The number of rotatable bonds is 2. The fourth-order valence-electron chi connectivity index (χ4n) is 0.731. The summed E-state index contributed by atoms with van der Waals surface area (Å²) in [4.78, 5) is 10.7. The third-order valence-electron chi connectivity index (χ3n) is 1.34. The molecule has 1 aromatic rings. The summed E-state index contributed by atoms with van der Waals surface area (Å²) >= 11 is 0. The lowest BCUT2D eigenvalue weighted by Gasteiger charge is -1.98. The molecule has 0 amide bonds. The van der Waals surface area contributed by atoms with Crippen LogP contribution in [-0.2, 0) is 0 Å². The van der Waals surface area contributed by atoms with E-state index in [0.717, 1.165) is 0 Å². The molecular weight excluding hydrogens is 142 g/mol. The highest BCUT2D eigenvalue weighted by atomic mass is 16.5. The molecule has 1 radical (unpaired) electrons. The van der Waals surface area contributed by atoms with Gasteiger partial charge < -0.3 is 0 Å². The maximum Gasteiger partial charge on any atom is 0.163 e. The molecule has 1 rings (SSSR count). The van der Waals surface area contributed by atoms with Gasteiger partial charge in [0.05, 0.1) is 5.69 Å². The average molecular weight is 150 g/mol. The molecular formula is C8H8NO2. The Labute approximate surface area is 64.6 Å². The normalized spacial score (nSPS) is 9.27. The summed E-state index contributed by atoms with van der Waals surface area (Å²) in [6, 6.07) is 6.37. The van der Waals surface area contributed by atoms with E-state index in [0.29, 0.717) is 11.3 Å². The maximum atomic E-state index is 10.7. The molecule has 0 saturated heterocycles. The van der Waals surface area contributed by atoms with Crippen molar-refractivity contribution in [2.75, 3.05) is 5.48 Å².